The fourth-order valence-corrected chi connectivity index (χ4v) is 2.41. The Hall–Kier alpha value is -0.0800. The van der Waals surface area contributed by atoms with Gasteiger partial charge in [-0.05, 0) is 31.6 Å². The molecule has 1 aliphatic carbocycles. The van der Waals surface area contributed by atoms with Crippen LogP contribution in [0.15, 0.2) is 0 Å². The quantitative estimate of drug-likeness (QED) is 0.730. The number of ether oxygens (including phenoxy) is 1. The lowest BCUT2D eigenvalue weighted by atomic mass is 9.95. The van der Waals surface area contributed by atoms with Gasteiger partial charge in [0, 0.05) is 12.6 Å². The largest absolute Gasteiger partial charge is 0.377 e. The first-order valence-corrected chi connectivity index (χ1v) is 7.07. The van der Waals surface area contributed by atoms with Crippen molar-refractivity contribution < 1.29 is 4.74 Å². The zero-order valence-electron chi connectivity index (χ0n) is 11.1. The van der Waals surface area contributed by atoms with E-state index in [1.165, 1.54) is 44.9 Å². The smallest absolute Gasteiger partial charge is 0.0725 e. The summed E-state index contributed by atoms with van der Waals surface area (Å²) < 4.78 is 5.96. The highest BCUT2D eigenvalue weighted by molar-refractivity contribution is 4.75. The van der Waals surface area contributed by atoms with Crippen LogP contribution in [-0.4, -0.2) is 18.8 Å². The highest BCUT2D eigenvalue weighted by Crippen LogP contribution is 2.19. The summed E-state index contributed by atoms with van der Waals surface area (Å²) in [7, 11) is 0. The molecule has 96 valence electrons. The van der Waals surface area contributed by atoms with Crippen molar-refractivity contribution in [2.24, 2.45) is 11.7 Å². The third-order valence-electron chi connectivity index (χ3n) is 3.51. The van der Waals surface area contributed by atoms with Crippen LogP contribution in [0.5, 0.6) is 0 Å². The summed E-state index contributed by atoms with van der Waals surface area (Å²) in [5.41, 5.74) is 6.17. The van der Waals surface area contributed by atoms with E-state index in [1.54, 1.807) is 0 Å². The molecule has 1 aliphatic rings. The van der Waals surface area contributed by atoms with Crippen molar-refractivity contribution in [3.8, 4) is 0 Å². The molecular weight excluding hydrogens is 198 g/mol. The van der Waals surface area contributed by atoms with E-state index >= 15 is 0 Å². The minimum Gasteiger partial charge on any atom is -0.377 e. The predicted octanol–water partition coefficient (Wildman–Crippen LogP) is 3.49. The van der Waals surface area contributed by atoms with E-state index < -0.39 is 0 Å². The van der Waals surface area contributed by atoms with Crippen LogP contribution in [0.25, 0.3) is 0 Å². The number of nitrogens with two attached hydrogens (primary N) is 1. The standard InChI is InChI=1S/C14H29NO/c1-12(2)8-7-11-16-14-10-6-4-3-5-9-13(14)15/h12-14H,3-11,15H2,1-2H3. The fraction of sp³-hybridized carbons (Fsp3) is 1.00. The molecule has 0 heterocycles. The minimum atomic E-state index is 0.277. The average Bonchev–Trinajstić information content (AvgIpc) is 2.21. The monoisotopic (exact) mass is 227 g/mol. The van der Waals surface area contributed by atoms with Crippen molar-refractivity contribution in [2.45, 2.75) is 77.4 Å². The first kappa shape index (κ1) is 14.0. The van der Waals surface area contributed by atoms with Crippen molar-refractivity contribution in [3.05, 3.63) is 0 Å². The van der Waals surface area contributed by atoms with E-state index in [0.717, 1.165) is 18.9 Å². The van der Waals surface area contributed by atoms with Crippen LogP contribution in [0.1, 0.15) is 65.2 Å². The van der Waals surface area contributed by atoms with E-state index in [-0.39, 0.29) is 6.04 Å². The zero-order chi connectivity index (χ0) is 11.8. The van der Waals surface area contributed by atoms with Crippen LogP contribution in [0.3, 0.4) is 0 Å². The molecule has 2 N–H and O–H groups in total. The summed E-state index contributed by atoms with van der Waals surface area (Å²) in [5.74, 6) is 0.787. The van der Waals surface area contributed by atoms with Crippen LogP contribution >= 0.6 is 0 Å². The van der Waals surface area contributed by atoms with Gasteiger partial charge in [0.2, 0.25) is 0 Å². The summed E-state index contributed by atoms with van der Waals surface area (Å²) in [5, 5.41) is 0. The van der Waals surface area contributed by atoms with Gasteiger partial charge >= 0.3 is 0 Å². The van der Waals surface area contributed by atoms with E-state index in [0.29, 0.717) is 6.10 Å². The minimum absolute atomic E-state index is 0.277. The lowest BCUT2D eigenvalue weighted by molar-refractivity contribution is 0.0200. The van der Waals surface area contributed by atoms with Crippen molar-refractivity contribution in [2.75, 3.05) is 6.61 Å². The van der Waals surface area contributed by atoms with Crippen LogP contribution in [0.2, 0.25) is 0 Å². The molecule has 0 amide bonds. The van der Waals surface area contributed by atoms with E-state index in [4.69, 9.17) is 10.5 Å². The molecule has 0 spiro atoms. The number of hydrogen-bond donors (Lipinski definition) is 1. The van der Waals surface area contributed by atoms with Crippen molar-refractivity contribution >= 4 is 0 Å². The Morgan fingerprint density at radius 3 is 2.50 bits per heavy atom. The molecule has 16 heavy (non-hydrogen) atoms. The van der Waals surface area contributed by atoms with Crippen molar-refractivity contribution in [1.82, 2.24) is 0 Å². The maximum atomic E-state index is 6.17. The molecule has 1 fully saturated rings. The second-order valence-electron chi connectivity index (χ2n) is 5.60. The molecule has 1 rings (SSSR count). The predicted molar refractivity (Wildman–Crippen MR) is 69.5 cm³/mol. The lowest BCUT2D eigenvalue weighted by Gasteiger charge is -2.26. The maximum absolute atomic E-state index is 6.17. The topological polar surface area (TPSA) is 35.2 Å². The van der Waals surface area contributed by atoms with Gasteiger partial charge in [0.05, 0.1) is 6.10 Å². The fourth-order valence-electron chi connectivity index (χ4n) is 2.41. The Kier molecular flexibility index (Phi) is 7.06. The van der Waals surface area contributed by atoms with E-state index in [1.807, 2.05) is 0 Å². The number of hydrogen-bond acceptors (Lipinski definition) is 2. The first-order chi connectivity index (χ1) is 7.70. The molecule has 0 aliphatic heterocycles. The molecule has 0 aromatic heterocycles. The second-order valence-corrected chi connectivity index (χ2v) is 5.60. The van der Waals surface area contributed by atoms with Crippen LogP contribution in [0, 0.1) is 5.92 Å². The number of rotatable bonds is 5. The Morgan fingerprint density at radius 1 is 1.12 bits per heavy atom. The molecule has 2 heteroatoms. The molecule has 2 atom stereocenters. The zero-order valence-corrected chi connectivity index (χ0v) is 11.1. The van der Waals surface area contributed by atoms with Gasteiger partial charge in [-0.2, -0.15) is 0 Å². The van der Waals surface area contributed by atoms with Gasteiger partial charge in [0.25, 0.3) is 0 Å². The van der Waals surface area contributed by atoms with Crippen LogP contribution in [-0.2, 0) is 4.74 Å². The summed E-state index contributed by atoms with van der Waals surface area (Å²) in [4.78, 5) is 0. The molecule has 0 bridgehead atoms. The third-order valence-corrected chi connectivity index (χ3v) is 3.51. The second kappa shape index (κ2) is 8.08. The molecule has 2 nitrogen and oxygen atoms in total. The van der Waals surface area contributed by atoms with Crippen molar-refractivity contribution in [3.63, 3.8) is 0 Å². The molecule has 0 saturated heterocycles. The van der Waals surface area contributed by atoms with E-state index in [9.17, 15) is 0 Å². The summed E-state index contributed by atoms with van der Waals surface area (Å²) in [6, 6.07) is 0.277. The Bertz CT molecular complexity index is 170. The molecule has 0 radical (unpaired) electrons. The Labute approximate surface area is 101 Å². The summed E-state index contributed by atoms with van der Waals surface area (Å²) in [6.45, 7) is 5.43. The maximum Gasteiger partial charge on any atom is 0.0725 e. The molecule has 1 saturated carbocycles. The molecule has 2 unspecified atom stereocenters. The van der Waals surface area contributed by atoms with Gasteiger partial charge in [0.15, 0.2) is 0 Å². The Balaban J connectivity index is 2.16. The molecule has 0 aromatic rings. The van der Waals surface area contributed by atoms with Crippen LogP contribution < -0.4 is 5.73 Å². The van der Waals surface area contributed by atoms with Gasteiger partial charge in [-0.1, -0.05) is 39.5 Å². The summed E-state index contributed by atoms with van der Waals surface area (Å²) in [6.07, 6.45) is 10.4. The Morgan fingerprint density at radius 2 is 1.81 bits per heavy atom. The molecule has 0 aromatic carbocycles. The normalized spacial score (nSPS) is 27.8. The first-order valence-electron chi connectivity index (χ1n) is 7.07. The third kappa shape index (κ3) is 5.86. The highest BCUT2D eigenvalue weighted by atomic mass is 16.5. The van der Waals surface area contributed by atoms with Gasteiger partial charge in [-0.15, -0.1) is 0 Å². The van der Waals surface area contributed by atoms with Crippen molar-refractivity contribution in [1.29, 1.82) is 0 Å². The van der Waals surface area contributed by atoms with Gasteiger partial charge in [-0.25, -0.2) is 0 Å². The van der Waals surface area contributed by atoms with E-state index in [2.05, 4.69) is 13.8 Å². The van der Waals surface area contributed by atoms with Gasteiger partial charge in [0.1, 0.15) is 0 Å². The highest BCUT2D eigenvalue weighted by Gasteiger charge is 2.19. The SMILES string of the molecule is CC(C)CCCOC1CCCCCCC1N. The van der Waals surface area contributed by atoms with Crippen LogP contribution in [0.4, 0.5) is 0 Å². The summed E-state index contributed by atoms with van der Waals surface area (Å²) >= 11 is 0. The lowest BCUT2D eigenvalue weighted by Crippen LogP contribution is -2.37. The van der Waals surface area contributed by atoms with Gasteiger partial charge in [-0.3, -0.25) is 0 Å². The molecular formula is C14H29NO. The van der Waals surface area contributed by atoms with Gasteiger partial charge < -0.3 is 10.5 Å². The average molecular weight is 227 g/mol.